The zero-order valence-electron chi connectivity index (χ0n) is 16.6. The van der Waals surface area contributed by atoms with Crippen LogP contribution in [0.2, 0.25) is 0 Å². The van der Waals surface area contributed by atoms with Crippen molar-refractivity contribution in [3.8, 4) is 17.2 Å². The third-order valence-electron chi connectivity index (χ3n) is 5.30. The Labute approximate surface area is 165 Å². The van der Waals surface area contributed by atoms with Crippen molar-refractivity contribution >= 4 is 5.97 Å². The van der Waals surface area contributed by atoms with Crippen molar-refractivity contribution in [1.29, 1.82) is 0 Å². The van der Waals surface area contributed by atoms with Crippen molar-refractivity contribution in [1.82, 2.24) is 4.90 Å². The van der Waals surface area contributed by atoms with Crippen LogP contribution in [0.15, 0.2) is 42.5 Å². The molecule has 6 heteroatoms. The van der Waals surface area contributed by atoms with Crippen LogP contribution in [0.25, 0.3) is 0 Å². The fraction of sp³-hybridized carbons (Fsp3) is 0.409. The fourth-order valence-electron chi connectivity index (χ4n) is 3.94. The summed E-state index contributed by atoms with van der Waals surface area (Å²) < 4.78 is 16.5. The van der Waals surface area contributed by atoms with E-state index in [1.165, 1.54) is 0 Å². The largest absolute Gasteiger partial charge is 0.497 e. The third-order valence-corrected chi connectivity index (χ3v) is 5.30. The predicted octanol–water partition coefficient (Wildman–Crippen LogP) is 3.74. The smallest absolute Gasteiger partial charge is 0.320 e. The van der Waals surface area contributed by atoms with Gasteiger partial charge in [-0.2, -0.15) is 0 Å². The van der Waals surface area contributed by atoms with Gasteiger partial charge < -0.3 is 19.3 Å². The van der Waals surface area contributed by atoms with Gasteiger partial charge in [-0.05, 0) is 55.3 Å². The Balaban J connectivity index is 2.18. The number of aliphatic carboxylic acids is 1. The molecule has 1 aliphatic rings. The number of hydrogen-bond donors (Lipinski definition) is 1. The van der Waals surface area contributed by atoms with Crippen LogP contribution in [-0.4, -0.2) is 49.9 Å². The van der Waals surface area contributed by atoms with Crippen LogP contribution >= 0.6 is 0 Å². The Morgan fingerprint density at radius 3 is 2.46 bits per heavy atom. The van der Waals surface area contributed by atoms with Gasteiger partial charge in [-0.25, -0.2) is 0 Å². The van der Waals surface area contributed by atoms with E-state index in [-0.39, 0.29) is 6.04 Å². The number of rotatable bonds is 7. The summed E-state index contributed by atoms with van der Waals surface area (Å²) in [4.78, 5) is 14.1. The summed E-state index contributed by atoms with van der Waals surface area (Å²) >= 11 is 0. The van der Waals surface area contributed by atoms with E-state index in [0.717, 1.165) is 29.7 Å². The molecule has 0 bridgehead atoms. The van der Waals surface area contributed by atoms with Crippen molar-refractivity contribution in [2.75, 3.05) is 27.9 Å². The van der Waals surface area contributed by atoms with E-state index in [1.54, 1.807) is 21.3 Å². The van der Waals surface area contributed by atoms with E-state index < -0.39 is 12.0 Å². The Kier molecular flexibility index (Phi) is 6.41. The molecule has 2 unspecified atom stereocenters. The highest BCUT2D eigenvalue weighted by Gasteiger charge is 2.36. The lowest BCUT2D eigenvalue weighted by Gasteiger charge is -2.40. The first-order valence-corrected chi connectivity index (χ1v) is 9.43. The molecular formula is C22H27NO5. The summed E-state index contributed by atoms with van der Waals surface area (Å²) in [5.74, 6) is 1.33. The van der Waals surface area contributed by atoms with Crippen LogP contribution in [-0.2, 0) is 4.79 Å². The second kappa shape index (κ2) is 8.97. The molecule has 0 aliphatic carbocycles. The molecule has 2 aromatic rings. The maximum Gasteiger partial charge on any atom is 0.320 e. The van der Waals surface area contributed by atoms with Crippen LogP contribution < -0.4 is 14.2 Å². The first-order chi connectivity index (χ1) is 13.6. The molecule has 6 nitrogen and oxygen atoms in total. The zero-order chi connectivity index (χ0) is 20.1. The van der Waals surface area contributed by atoms with Gasteiger partial charge in [0, 0.05) is 5.56 Å². The predicted molar refractivity (Wildman–Crippen MR) is 106 cm³/mol. The van der Waals surface area contributed by atoms with E-state index >= 15 is 0 Å². The molecule has 1 N–H and O–H groups in total. The van der Waals surface area contributed by atoms with E-state index in [0.29, 0.717) is 24.5 Å². The number of nitrogens with zero attached hydrogens (tertiary/aromatic N) is 1. The number of carboxylic acids is 1. The minimum atomic E-state index is -0.797. The maximum absolute atomic E-state index is 12.0. The molecule has 150 valence electrons. The number of benzene rings is 2. The van der Waals surface area contributed by atoms with E-state index in [9.17, 15) is 9.90 Å². The molecule has 1 saturated heterocycles. The van der Waals surface area contributed by atoms with Crippen molar-refractivity contribution in [3.05, 3.63) is 53.6 Å². The molecule has 0 radical (unpaired) electrons. The highest BCUT2D eigenvalue weighted by molar-refractivity contribution is 5.74. The number of methoxy groups -OCH3 is 3. The molecule has 1 fully saturated rings. The lowest BCUT2D eigenvalue weighted by molar-refractivity contribution is -0.145. The lowest BCUT2D eigenvalue weighted by atomic mass is 9.91. The van der Waals surface area contributed by atoms with Crippen molar-refractivity contribution in [3.63, 3.8) is 0 Å². The van der Waals surface area contributed by atoms with Gasteiger partial charge >= 0.3 is 5.97 Å². The second-order valence-corrected chi connectivity index (χ2v) is 6.87. The quantitative estimate of drug-likeness (QED) is 0.783. The Morgan fingerprint density at radius 2 is 1.79 bits per heavy atom. The summed E-state index contributed by atoms with van der Waals surface area (Å²) in [7, 11) is 4.87. The molecule has 0 saturated carbocycles. The summed E-state index contributed by atoms with van der Waals surface area (Å²) in [5.41, 5.74) is 1.84. The summed E-state index contributed by atoms with van der Waals surface area (Å²) in [6.45, 7) is 0.694. The summed E-state index contributed by atoms with van der Waals surface area (Å²) in [5, 5.41) is 9.86. The Morgan fingerprint density at radius 1 is 1.04 bits per heavy atom. The number of piperidine rings is 1. The van der Waals surface area contributed by atoms with E-state index in [4.69, 9.17) is 14.2 Å². The average molecular weight is 385 g/mol. The summed E-state index contributed by atoms with van der Waals surface area (Å²) in [6, 6.07) is 12.5. The van der Waals surface area contributed by atoms with Crippen molar-refractivity contribution < 1.29 is 24.1 Å². The first kappa shape index (κ1) is 20.0. The van der Waals surface area contributed by atoms with Crippen LogP contribution in [0.4, 0.5) is 0 Å². The standard InChI is InChI=1S/C22H27NO5/c1-26-16-8-6-7-15(13-16)21(23-12-5-4-9-19(23)22(24)25)18-14-17(27-2)10-11-20(18)28-3/h6-8,10-11,13-14,19,21H,4-5,9,12H2,1-3H3,(H,24,25). The van der Waals surface area contributed by atoms with Crippen LogP contribution in [0.3, 0.4) is 0 Å². The van der Waals surface area contributed by atoms with Gasteiger partial charge in [0.2, 0.25) is 0 Å². The normalized spacial score (nSPS) is 18.3. The molecule has 1 aliphatic heterocycles. The molecule has 3 rings (SSSR count). The average Bonchev–Trinajstić information content (AvgIpc) is 2.74. The van der Waals surface area contributed by atoms with Gasteiger partial charge in [-0.15, -0.1) is 0 Å². The molecule has 2 aromatic carbocycles. The van der Waals surface area contributed by atoms with E-state index in [2.05, 4.69) is 4.90 Å². The lowest BCUT2D eigenvalue weighted by Crippen LogP contribution is -2.46. The number of likely N-dealkylation sites (tertiary alicyclic amines) is 1. The summed E-state index contributed by atoms with van der Waals surface area (Å²) in [6.07, 6.45) is 2.49. The number of carbonyl (C=O) groups is 1. The van der Waals surface area contributed by atoms with Gasteiger partial charge in [0.15, 0.2) is 0 Å². The van der Waals surface area contributed by atoms with E-state index in [1.807, 2.05) is 42.5 Å². The van der Waals surface area contributed by atoms with Gasteiger partial charge in [0.05, 0.1) is 27.4 Å². The van der Waals surface area contributed by atoms with Crippen LogP contribution in [0.1, 0.15) is 36.4 Å². The SMILES string of the molecule is COc1cccc(C(c2cc(OC)ccc2OC)N2CCCCC2C(=O)O)c1. The Bertz CT molecular complexity index is 822. The maximum atomic E-state index is 12.0. The van der Waals surface area contributed by atoms with Crippen LogP contribution in [0.5, 0.6) is 17.2 Å². The minimum Gasteiger partial charge on any atom is -0.497 e. The van der Waals surface area contributed by atoms with Gasteiger partial charge in [-0.3, -0.25) is 9.69 Å². The van der Waals surface area contributed by atoms with Crippen molar-refractivity contribution in [2.45, 2.75) is 31.3 Å². The molecular weight excluding hydrogens is 358 g/mol. The molecule has 0 spiro atoms. The van der Waals surface area contributed by atoms with Gasteiger partial charge in [0.25, 0.3) is 0 Å². The monoisotopic (exact) mass is 385 g/mol. The fourth-order valence-corrected chi connectivity index (χ4v) is 3.94. The molecule has 0 aromatic heterocycles. The molecule has 0 amide bonds. The van der Waals surface area contributed by atoms with Gasteiger partial charge in [0.1, 0.15) is 23.3 Å². The highest BCUT2D eigenvalue weighted by Crippen LogP contribution is 2.40. The topological polar surface area (TPSA) is 68.2 Å². The third kappa shape index (κ3) is 4.07. The second-order valence-electron chi connectivity index (χ2n) is 6.87. The minimum absolute atomic E-state index is 0.290. The van der Waals surface area contributed by atoms with Gasteiger partial charge in [-0.1, -0.05) is 18.6 Å². The zero-order valence-corrected chi connectivity index (χ0v) is 16.6. The molecule has 1 heterocycles. The number of carboxylic acid groups (broad SMARTS) is 1. The number of ether oxygens (including phenoxy) is 3. The first-order valence-electron chi connectivity index (χ1n) is 9.43. The molecule has 28 heavy (non-hydrogen) atoms. The van der Waals surface area contributed by atoms with Crippen LogP contribution in [0, 0.1) is 0 Å². The molecule has 2 atom stereocenters. The van der Waals surface area contributed by atoms with Crippen molar-refractivity contribution in [2.24, 2.45) is 0 Å². The number of hydrogen-bond acceptors (Lipinski definition) is 5. The highest BCUT2D eigenvalue weighted by atomic mass is 16.5. The Hall–Kier alpha value is -2.73.